The van der Waals surface area contributed by atoms with E-state index in [0.717, 1.165) is 12.8 Å². The number of piperidine rings is 1. The minimum Gasteiger partial charge on any atom is -0.477 e. The maximum Gasteiger partial charge on any atom is 0.353 e. The van der Waals surface area contributed by atoms with Gasteiger partial charge in [0.05, 0.1) is 30.6 Å². The molecular weight excluding hydrogens is 512 g/mol. The molecule has 8 atom stereocenters. The van der Waals surface area contributed by atoms with Gasteiger partial charge in [-0.25, -0.2) is 4.79 Å². The van der Waals surface area contributed by atoms with Crippen molar-refractivity contribution in [2.24, 2.45) is 33.0 Å². The molecule has 0 radical (unpaired) electrons. The molecule has 5 N–H and O–H groups in total. The van der Waals surface area contributed by atoms with Crippen molar-refractivity contribution in [2.75, 3.05) is 19.6 Å². The van der Waals surface area contributed by atoms with Crippen LogP contribution in [0.5, 0.6) is 0 Å². The lowest BCUT2D eigenvalue weighted by molar-refractivity contribution is -0.158. The molecule has 0 aromatic carbocycles. The van der Waals surface area contributed by atoms with Crippen LogP contribution in [-0.2, 0) is 19.2 Å². The average molecular weight is 547 g/mol. The number of likely N-dealkylation sites (tertiary alicyclic amines) is 1. The molecule has 1 unspecified atom stereocenters. The molecule has 3 saturated heterocycles. The fraction of sp³-hybridized carbons (Fsp3) is 0.708. The number of carboxylic acids is 1. The SMILES string of the molecule is C[C@@H](NC(=O)CC1C=NN=N1)[C@H]1C(=O)N2C(C(=O)O)=C(S[C@@H]3CN[C@H](C(=O)N4CCC[C@@H](N)C4)C3)[C@H](C)[C@H]12. The van der Waals surface area contributed by atoms with Crippen LogP contribution < -0.4 is 16.4 Å². The number of aliphatic carboxylic acids is 1. The molecule has 13 nitrogen and oxygen atoms in total. The summed E-state index contributed by atoms with van der Waals surface area (Å²) in [6.45, 7) is 5.54. The predicted octanol–water partition coefficient (Wildman–Crippen LogP) is -0.112. The van der Waals surface area contributed by atoms with Crippen LogP contribution in [-0.4, -0.2) is 99.9 Å². The molecule has 5 rings (SSSR count). The standard InChI is InChI=1S/C24H34N8O5S/c1-11-19-18(12(2)28-17(33)6-14-8-27-30-29-14)23(35)32(19)20(24(36)37)21(11)38-15-7-16(26-9-15)22(34)31-5-3-4-13(25)10-31/h8,11-16,18-19,26H,3-7,9-10,25H2,1-2H3,(H,28,33)(H,36,37)/t11-,12-,13-,14?,15+,16+,18-,19-/m1/s1. The number of nitrogens with one attached hydrogen (secondary N) is 2. The van der Waals surface area contributed by atoms with Crippen LogP contribution in [0, 0.1) is 11.8 Å². The van der Waals surface area contributed by atoms with Gasteiger partial charge in [-0.2, -0.15) is 5.11 Å². The molecule has 5 aliphatic heterocycles. The molecule has 206 valence electrons. The zero-order valence-corrected chi connectivity index (χ0v) is 22.3. The van der Waals surface area contributed by atoms with E-state index in [1.807, 2.05) is 11.8 Å². The number of amides is 3. The molecule has 14 heteroatoms. The summed E-state index contributed by atoms with van der Waals surface area (Å²) in [4.78, 5) is 54.8. The van der Waals surface area contributed by atoms with Gasteiger partial charge in [0.25, 0.3) is 0 Å². The smallest absolute Gasteiger partial charge is 0.353 e. The number of rotatable bonds is 8. The molecule has 0 aromatic heterocycles. The molecule has 5 heterocycles. The van der Waals surface area contributed by atoms with Crippen LogP contribution >= 0.6 is 11.8 Å². The van der Waals surface area contributed by atoms with Gasteiger partial charge in [-0.05, 0) is 31.4 Å². The quantitative estimate of drug-likeness (QED) is 0.304. The number of nitrogens with zero attached hydrogens (tertiary/aromatic N) is 5. The number of thioether (sulfide) groups is 1. The van der Waals surface area contributed by atoms with Crippen LogP contribution in [0.3, 0.4) is 0 Å². The maximum absolute atomic E-state index is 13.1. The Bertz CT molecular complexity index is 1100. The van der Waals surface area contributed by atoms with E-state index in [1.54, 1.807) is 6.92 Å². The van der Waals surface area contributed by atoms with Crippen molar-refractivity contribution in [3.8, 4) is 0 Å². The molecule has 0 saturated carbocycles. The Morgan fingerprint density at radius 3 is 2.84 bits per heavy atom. The van der Waals surface area contributed by atoms with Crippen molar-refractivity contribution in [3.63, 3.8) is 0 Å². The summed E-state index contributed by atoms with van der Waals surface area (Å²) in [6, 6.07) is -1.55. The maximum atomic E-state index is 13.1. The second-order valence-electron chi connectivity index (χ2n) is 10.8. The number of carbonyl (C=O) groups is 4. The number of nitrogens with two attached hydrogens (primary N) is 1. The fourth-order valence-corrected chi connectivity index (χ4v) is 7.69. The van der Waals surface area contributed by atoms with Crippen molar-refractivity contribution < 1.29 is 24.3 Å². The second-order valence-corrected chi connectivity index (χ2v) is 12.1. The van der Waals surface area contributed by atoms with Crippen LogP contribution in [0.2, 0.25) is 0 Å². The summed E-state index contributed by atoms with van der Waals surface area (Å²) >= 11 is 1.45. The second kappa shape index (κ2) is 10.7. The first kappa shape index (κ1) is 26.8. The molecule has 0 spiro atoms. The van der Waals surface area contributed by atoms with E-state index in [1.165, 1.54) is 22.9 Å². The average Bonchev–Trinajstić information content (AvgIpc) is 3.59. The van der Waals surface area contributed by atoms with Gasteiger partial charge >= 0.3 is 5.97 Å². The van der Waals surface area contributed by atoms with Crippen molar-refractivity contribution in [2.45, 2.75) is 75.0 Å². The van der Waals surface area contributed by atoms with Crippen LogP contribution in [0.15, 0.2) is 26.0 Å². The van der Waals surface area contributed by atoms with E-state index in [0.29, 0.717) is 31.0 Å². The molecule has 3 amide bonds. The minimum atomic E-state index is -1.14. The zero-order valence-electron chi connectivity index (χ0n) is 21.4. The Hall–Kier alpha value is -2.84. The van der Waals surface area contributed by atoms with Crippen molar-refractivity contribution >= 4 is 41.7 Å². The van der Waals surface area contributed by atoms with Crippen LogP contribution in [0.4, 0.5) is 0 Å². The van der Waals surface area contributed by atoms with Gasteiger partial charge in [-0.3, -0.25) is 14.4 Å². The first-order valence-corrected chi connectivity index (χ1v) is 14.0. The lowest BCUT2D eigenvalue weighted by Crippen LogP contribution is -2.66. The number of fused-ring (bicyclic) bond motifs is 1. The first-order chi connectivity index (χ1) is 18.2. The molecule has 5 aliphatic rings. The summed E-state index contributed by atoms with van der Waals surface area (Å²) in [5, 5.41) is 27.2. The van der Waals surface area contributed by atoms with E-state index in [-0.39, 0.29) is 59.1 Å². The third-order valence-corrected chi connectivity index (χ3v) is 9.57. The highest BCUT2D eigenvalue weighted by Gasteiger charge is 2.60. The predicted molar refractivity (Wildman–Crippen MR) is 139 cm³/mol. The zero-order chi connectivity index (χ0) is 27.1. The van der Waals surface area contributed by atoms with E-state index in [4.69, 9.17) is 5.73 Å². The van der Waals surface area contributed by atoms with Gasteiger partial charge in [-0.1, -0.05) is 6.92 Å². The van der Waals surface area contributed by atoms with Gasteiger partial charge in [0, 0.05) is 47.8 Å². The van der Waals surface area contributed by atoms with Crippen molar-refractivity contribution in [3.05, 3.63) is 10.6 Å². The summed E-state index contributed by atoms with van der Waals surface area (Å²) in [5.41, 5.74) is 6.07. The Balaban J connectivity index is 1.22. The highest BCUT2D eigenvalue weighted by molar-refractivity contribution is 8.03. The van der Waals surface area contributed by atoms with Gasteiger partial charge < -0.3 is 31.3 Å². The topological polar surface area (TPSA) is 182 Å². The van der Waals surface area contributed by atoms with Gasteiger partial charge in [0.1, 0.15) is 11.7 Å². The Kier molecular flexibility index (Phi) is 7.56. The molecule has 0 aromatic rings. The fourth-order valence-electron chi connectivity index (χ4n) is 6.21. The summed E-state index contributed by atoms with van der Waals surface area (Å²) in [5.74, 6) is -2.40. The lowest BCUT2D eigenvalue weighted by atomic mass is 9.78. The number of hydrogen-bond donors (Lipinski definition) is 4. The molecule has 38 heavy (non-hydrogen) atoms. The third kappa shape index (κ3) is 4.96. The highest BCUT2D eigenvalue weighted by Crippen LogP contribution is 2.51. The van der Waals surface area contributed by atoms with Gasteiger partial charge in [0.15, 0.2) is 0 Å². The van der Waals surface area contributed by atoms with E-state index in [9.17, 15) is 24.3 Å². The molecular formula is C24H34N8O5S. The Labute approximate surface area is 224 Å². The number of β-lactam (4-membered cyclic amide) rings is 1. The van der Waals surface area contributed by atoms with Crippen molar-refractivity contribution in [1.29, 1.82) is 0 Å². The summed E-state index contributed by atoms with van der Waals surface area (Å²) < 4.78 is 0. The normalized spacial score (nSPS) is 34.9. The van der Waals surface area contributed by atoms with E-state index >= 15 is 0 Å². The minimum absolute atomic E-state index is 0.000771. The Morgan fingerprint density at radius 1 is 1.37 bits per heavy atom. The largest absolute Gasteiger partial charge is 0.477 e. The van der Waals surface area contributed by atoms with Crippen LogP contribution in [0.25, 0.3) is 0 Å². The van der Waals surface area contributed by atoms with Gasteiger partial charge in [0.2, 0.25) is 17.7 Å². The molecule has 0 aliphatic carbocycles. The molecule has 3 fully saturated rings. The van der Waals surface area contributed by atoms with E-state index in [2.05, 4.69) is 26.1 Å². The number of carboxylic acid groups (broad SMARTS) is 1. The van der Waals surface area contributed by atoms with Crippen LogP contribution in [0.1, 0.15) is 39.5 Å². The monoisotopic (exact) mass is 546 g/mol. The number of hydrogen-bond acceptors (Lipinski definition) is 10. The summed E-state index contributed by atoms with van der Waals surface area (Å²) in [7, 11) is 0. The van der Waals surface area contributed by atoms with Crippen molar-refractivity contribution in [1.82, 2.24) is 20.4 Å². The molecule has 0 bridgehead atoms. The summed E-state index contributed by atoms with van der Waals surface area (Å²) in [6.07, 6.45) is 3.97. The van der Waals surface area contributed by atoms with E-state index < -0.39 is 24.0 Å². The first-order valence-electron chi connectivity index (χ1n) is 13.1. The Morgan fingerprint density at radius 2 is 2.16 bits per heavy atom. The highest BCUT2D eigenvalue weighted by atomic mass is 32.2. The van der Waals surface area contributed by atoms with Gasteiger partial charge in [-0.15, -0.1) is 16.9 Å². The third-order valence-electron chi connectivity index (χ3n) is 8.06. The lowest BCUT2D eigenvalue weighted by Gasteiger charge is -2.47. The number of carbonyl (C=O) groups excluding carboxylic acids is 3.